The van der Waals surface area contributed by atoms with Crippen LogP contribution in [-0.4, -0.2) is 10.5 Å². The second kappa shape index (κ2) is 6.23. The Morgan fingerprint density at radius 3 is 2.77 bits per heavy atom. The number of halogens is 2. The summed E-state index contributed by atoms with van der Waals surface area (Å²) in [5.74, 6) is 0.381. The molecule has 0 amide bonds. The van der Waals surface area contributed by atoms with Crippen LogP contribution in [0.4, 0.5) is 5.69 Å². The van der Waals surface area contributed by atoms with Crippen molar-refractivity contribution in [1.82, 2.24) is 4.57 Å². The molecule has 0 spiro atoms. The highest BCUT2D eigenvalue weighted by Gasteiger charge is 2.11. The molecule has 0 radical (unpaired) electrons. The molecule has 0 saturated heterocycles. The van der Waals surface area contributed by atoms with Crippen molar-refractivity contribution >= 4 is 34.8 Å². The summed E-state index contributed by atoms with van der Waals surface area (Å²) in [6.45, 7) is 0.423. The van der Waals surface area contributed by atoms with Crippen LogP contribution < -0.4 is 11.1 Å². The van der Waals surface area contributed by atoms with Gasteiger partial charge in [0.1, 0.15) is 5.15 Å². The summed E-state index contributed by atoms with van der Waals surface area (Å²) < 4.78 is 1.80. The van der Waals surface area contributed by atoms with E-state index < -0.39 is 0 Å². The Morgan fingerprint density at radius 2 is 2.05 bits per heavy atom. The molecule has 0 fully saturated rings. The van der Waals surface area contributed by atoms with Gasteiger partial charge in [0.05, 0.1) is 11.6 Å². The number of aliphatic imine (C=N–C) groups is 1. The maximum absolute atomic E-state index is 6.03. The standard InChI is InChI=1S/C16H18Cl2N4/c1-22-13(8-14(17)15(22)18)9-20-16(19)21-12-6-5-10-3-2-4-11(10)7-12/h5-8H,2-4,9H2,1H3,(H3,19,20,21). The van der Waals surface area contributed by atoms with Crippen molar-refractivity contribution in [2.24, 2.45) is 17.8 Å². The van der Waals surface area contributed by atoms with Crippen LogP contribution in [0.5, 0.6) is 0 Å². The van der Waals surface area contributed by atoms with Crippen LogP contribution in [0.3, 0.4) is 0 Å². The predicted octanol–water partition coefficient (Wildman–Crippen LogP) is 3.75. The minimum absolute atomic E-state index is 0.381. The average molecular weight is 337 g/mol. The number of aryl methyl sites for hydroxylation is 2. The van der Waals surface area contributed by atoms with E-state index in [0.29, 0.717) is 22.7 Å². The summed E-state index contributed by atoms with van der Waals surface area (Å²) in [6, 6.07) is 8.16. The number of anilines is 1. The van der Waals surface area contributed by atoms with Crippen LogP contribution in [0.25, 0.3) is 0 Å². The summed E-state index contributed by atoms with van der Waals surface area (Å²) >= 11 is 12.0. The van der Waals surface area contributed by atoms with Gasteiger partial charge in [0.15, 0.2) is 5.96 Å². The summed E-state index contributed by atoms with van der Waals surface area (Å²) in [5.41, 5.74) is 10.7. The number of fused-ring (bicyclic) bond motifs is 1. The molecular formula is C16H18Cl2N4. The molecule has 22 heavy (non-hydrogen) atoms. The van der Waals surface area contributed by atoms with E-state index >= 15 is 0 Å². The molecule has 3 N–H and O–H groups in total. The number of guanidine groups is 1. The van der Waals surface area contributed by atoms with Crippen molar-refractivity contribution in [3.05, 3.63) is 51.3 Å². The summed E-state index contributed by atoms with van der Waals surface area (Å²) in [7, 11) is 1.85. The first kappa shape index (κ1) is 15.3. The molecule has 116 valence electrons. The van der Waals surface area contributed by atoms with Gasteiger partial charge >= 0.3 is 0 Å². The molecule has 0 unspecified atom stereocenters. The minimum atomic E-state index is 0.381. The van der Waals surface area contributed by atoms with Gasteiger partial charge in [-0.05, 0) is 48.6 Å². The van der Waals surface area contributed by atoms with E-state index in [4.69, 9.17) is 28.9 Å². The van der Waals surface area contributed by atoms with E-state index in [2.05, 4.69) is 22.4 Å². The second-order valence-electron chi connectivity index (χ2n) is 5.50. The third kappa shape index (κ3) is 3.08. The zero-order chi connectivity index (χ0) is 15.7. The highest BCUT2D eigenvalue weighted by Crippen LogP contribution is 2.26. The third-order valence-corrected chi connectivity index (χ3v) is 4.84. The fraction of sp³-hybridized carbons (Fsp3) is 0.312. The van der Waals surface area contributed by atoms with Gasteiger partial charge < -0.3 is 15.6 Å². The Labute approximate surface area is 139 Å². The van der Waals surface area contributed by atoms with Crippen LogP contribution in [0.15, 0.2) is 29.3 Å². The molecule has 0 aliphatic heterocycles. The number of nitrogens with two attached hydrogens (primary N) is 1. The van der Waals surface area contributed by atoms with Gasteiger partial charge in [0, 0.05) is 18.4 Å². The first-order chi connectivity index (χ1) is 10.5. The maximum atomic E-state index is 6.03. The summed E-state index contributed by atoms with van der Waals surface area (Å²) in [6.07, 6.45) is 3.55. The highest BCUT2D eigenvalue weighted by molar-refractivity contribution is 6.41. The number of hydrogen-bond donors (Lipinski definition) is 2. The quantitative estimate of drug-likeness (QED) is 0.662. The monoisotopic (exact) mass is 336 g/mol. The summed E-state index contributed by atoms with van der Waals surface area (Å²) in [5, 5.41) is 4.17. The number of aromatic nitrogens is 1. The fourth-order valence-electron chi connectivity index (χ4n) is 2.74. The lowest BCUT2D eigenvalue weighted by Crippen LogP contribution is -2.22. The molecule has 0 atom stereocenters. The number of nitrogens with one attached hydrogen (secondary N) is 1. The van der Waals surface area contributed by atoms with Crippen LogP contribution >= 0.6 is 23.2 Å². The van der Waals surface area contributed by atoms with E-state index in [1.165, 1.54) is 24.0 Å². The number of hydrogen-bond acceptors (Lipinski definition) is 1. The zero-order valence-electron chi connectivity index (χ0n) is 12.4. The van der Waals surface area contributed by atoms with Gasteiger partial charge in [-0.15, -0.1) is 0 Å². The van der Waals surface area contributed by atoms with Gasteiger partial charge in [-0.2, -0.15) is 0 Å². The van der Waals surface area contributed by atoms with E-state index in [0.717, 1.165) is 17.8 Å². The van der Waals surface area contributed by atoms with E-state index in [1.54, 1.807) is 10.6 Å². The lowest BCUT2D eigenvalue weighted by Gasteiger charge is -2.08. The van der Waals surface area contributed by atoms with Crippen LogP contribution in [0, 0.1) is 0 Å². The molecule has 1 aliphatic carbocycles. The van der Waals surface area contributed by atoms with E-state index in [9.17, 15) is 0 Å². The Morgan fingerprint density at radius 1 is 1.27 bits per heavy atom. The van der Waals surface area contributed by atoms with Crippen molar-refractivity contribution < 1.29 is 0 Å². The molecule has 6 heteroatoms. The minimum Gasteiger partial charge on any atom is -0.370 e. The lowest BCUT2D eigenvalue weighted by molar-refractivity contribution is 0.825. The molecule has 1 aromatic heterocycles. The Bertz CT molecular complexity index is 734. The number of benzene rings is 1. The van der Waals surface area contributed by atoms with Gasteiger partial charge in [-0.25, -0.2) is 4.99 Å². The molecule has 2 aromatic rings. The number of nitrogens with zero attached hydrogens (tertiary/aromatic N) is 2. The van der Waals surface area contributed by atoms with Crippen molar-refractivity contribution in [2.45, 2.75) is 25.8 Å². The predicted molar refractivity (Wildman–Crippen MR) is 92.8 cm³/mol. The van der Waals surface area contributed by atoms with E-state index in [-0.39, 0.29) is 0 Å². The Balaban J connectivity index is 1.68. The van der Waals surface area contributed by atoms with Gasteiger partial charge in [0.2, 0.25) is 0 Å². The molecule has 0 bridgehead atoms. The molecule has 1 aromatic carbocycles. The normalized spacial score (nSPS) is 14.2. The van der Waals surface area contributed by atoms with Crippen molar-refractivity contribution in [1.29, 1.82) is 0 Å². The van der Waals surface area contributed by atoms with Crippen molar-refractivity contribution in [2.75, 3.05) is 5.32 Å². The molecule has 1 heterocycles. The molecule has 3 rings (SSSR count). The van der Waals surface area contributed by atoms with Gasteiger partial charge in [-0.1, -0.05) is 29.3 Å². The smallest absolute Gasteiger partial charge is 0.193 e. The number of rotatable bonds is 3. The van der Waals surface area contributed by atoms with Crippen molar-refractivity contribution in [3.63, 3.8) is 0 Å². The van der Waals surface area contributed by atoms with Crippen molar-refractivity contribution in [3.8, 4) is 0 Å². The van der Waals surface area contributed by atoms with E-state index in [1.807, 2.05) is 13.1 Å². The zero-order valence-corrected chi connectivity index (χ0v) is 13.9. The molecule has 1 aliphatic rings. The molecule has 0 saturated carbocycles. The highest BCUT2D eigenvalue weighted by atomic mass is 35.5. The average Bonchev–Trinajstić information content (AvgIpc) is 3.05. The molecule has 4 nitrogen and oxygen atoms in total. The second-order valence-corrected chi connectivity index (χ2v) is 6.26. The fourth-order valence-corrected chi connectivity index (χ4v) is 3.16. The Kier molecular flexibility index (Phi) is 4.32. The van der Waals surface area contributed by atoms with Gasteiger partial charge in [-0.3, -0.25) is 0 Å². The van der Waals surface area contributed by atoms with Crippen LogP contribution in [-0.2, 0) is 26.4 Å². The van der Waals surface area contributed by atoms with Gasteiger partial charge in [0.25, 0.3) is 0 Å². The SMILES string of the molecule is Cn1c(CN=C(N)Nc2ccc3c(c2)CCC3)cc(Cl)c1Cl. The first-order valence-corrected chi connectivity index (χ1v) is 7.98. The largest absolute Gasteiger partial charge is 0.370 e. The Hall–Kier alpha value is -1.65. The lowest BCUT2D eigenvalue weighted by atomic mass is 10.1. The van der Waals surface area contributed by atoms with Crippen LogP contribution in [0.2, 0.25) is 10.2 Å². The topological polar surface area (TPSA) is 55.3 Å². The summed E-state index contributed by atoms with van der Waals surface area (Å²) in [4.78, 5) is 4.34. The first-order valence-electron chi connectivity index (χ1n) is 7.23. The van der Waals surface area contributed by atoms with Crippen LogP contribution in [0.1, 0.15) is 23.2 Å². The molecular weight excluding hydrogens is 319 g/mol. The third-order valence-electron chi connectivity index (χ3n) is 4.00. The maximum Gasteiger partial charge on any atom is 0.193 e.